The Morgan fingerprint density at radius 1 is 1.38 bits per heavy atom. The number of hydrogen-bond donors (Lipinski definition) is 2. The van der Waals surface area contributed by atoms with Crippen molar-refractivity contribution in [3.63, 3.8) is 0 Å². The van der Waals surface area contributed by atoms with Crippen LogP contribution >= 0.6 is 0 Å². The van der Waals surface area contributed by atoms with E-state index in [1.807, 2.05) is 0 Å². The minimum absolute atomic E-state index is 0.572. The SMILES string of the molecule is CC(CC1CCCN1)NC1CCC(C)(C)C1. The maximum atomic E-state index is 3.82. The third kappa shape index (κ3) is 3.46. The van der Waals surface area contributed by atoms with Crippen molar-refractivity contribution in [2.45, 2.75) is 77.4 Å². The molecule has 2 fully saturated rings. The Bertz CT molecular complexity index is 219. The van der Waals surface area contributed by atoms with Crippen LogP contribution in [0.15, 0.2) is 0 Å². The molecule has 1 heterocycles. The topological polar surface area (TPSA) is 24.1 Å². The van der Waals surface area contributed by atoms with Crippen LogP contribution in [-0.2, 0) is 0 Å². The number of rotatable bonds is 4. The molecule has 0 aromatic rings. The Balaban J connectivity index is 1.69. The molecule has 3 unspecified atom stereocenters. The van der Waals surface area contributed by atoms with Gasteiger partial charge in [0, 0.05) is 18.1 Å². The summed E-state index contributed by atoms with van der Waals surface area (Å²) in [5, 5.41) is 7.41. The van der Waals surface area contributed by atoms with Crippen LogP contribution in [0.2, 0.25) is 0 Å². The predicted octanol–water partition coefficient (Wildman–Crippen LogP) is 2.69. The van der Waals surface area contributed by atoms with Crippen molar-refractivity contribution in [3.05, 3.63) is 0 Å². The van der Waals surface area contributed by atoms with Gasteiger partial charge in [-0.15, -0.1) is 0 Å². The Morgan fingerprint density at radius 2 is 2.19 bits per heavy atom. The van der Waals surface area contributed by atoms with Gasteiger partial charge in [0.1, 0.15) is 0 Å². The van der Waals surface area contributed by atoms with Gasteiger partial charge in [-0.3, -0.25) is 0 Å². The van der Waals surface area contributed by atoms with E-state index in [9.17, 15) is 0 Å². The van der Waals surface area contributed by atoms with Crippen molar-refractivity contribution in [1.29, 1.82) is 0 Å². The van der Waals surface area contributed by atoms with Crippen LogP contribution in [0.1, 0.15) is 59.3 Å². The molecule has 2 N–H and O–H groups in total. The van der Waals surface area contributed by atoms with Crippen LogP contribution in [0, 0.1) is 5.41 Å². The molecule has 1 saturated heterocycles. The molecule has 94 valence electrons. The van der Waals surface area contributed by atoms with Crippen molar-refractivity contribution < 1.29 is 0 Å². The highest BCUT2D eigenvalue weighted by molar-refractivity contribution is 4.88. The molecule has 16 heavy (non-hydrogen) atoms. The van der Waals surface area contributed by atoms with Gasteiger partial charge in [0.25, 0.3) is 0 Å². The van der Waals surface area contributed by atoms with Crippen LogP contribution in [0.4, 0.5) is 0 Å². The molecule has 3 atom stereocenters. The molecule has 2 rings (SSSR count). The smallest absolute Gasteiger partial charge is 0.00822 e. The largest absolute Gasteiger partial charge is 0.314 e. The zero-order chi connectivity index (χ0) is 11.6. The molecular weight excluding hydrogens is 196 g/mol. The summed E-state index contributed by atoms with van der Waals surface area (Å²) in [6.07, 6.45) is 8.16. The third-order valence-electron chi connectivity index (χ3n) is 4.29. The lowest BCUT2D eigenvalue weighted by molar-refractivity contribution is 0.343. The monoisotopic (exact) mass is 224 g/mol. The van der Waals surface area contributed by atoms with Crippen LogP contribution in [0.5, 0.6) is 0 Å². The molecule has 0 bridgehead atoms. The van der Waals surface area contributed by atoms with Gasteiger partial charge < -0.3 is 10.6 Å². The highest BCUT2D eigenvalue weighted by atomic mass is 15.0. The average molecular weight is 224 g/mol. The lowest BCUT2D eigenvalue weighted by Gasteiger charge is -2.23. The predicted molar refractivity (Wildman–Crippen MR) is 69.7 cm³/mol. The number of hydrogen-bond acceptors (Lipinski definition) is 2. The first-order valence-corrected chi connectivity index (χ1v) is 7.05. The standard InChI is InChI=1S/C14H28N2/c1-11(9-12-5-4-8-15-12)16-13-6-7-14(2,3)10-13/h11-13,15-16H,4-10H2,1-3H3. The first-order chi connectivity index (χ1) is 7.55. The van der Waals surface area contributed by atoms with Crippen molar-refractivity contribution in [3.8, 4) is 0 Å². The van der Waals surface area contributed by atoms with Gasteiger partial charge in [-0.2, -0.15) is 0 Å². The minimum Gasteiger partial charge on any atom is -0.314 e. The molecule has 0 aromatic carbocycles. The van der Waals surface area contributed by atoms with Crippen LogP contribution in [0.25, 0.3) is 0 Å². The van der Waals surface area contributed by atoms with E-state index < -0.39 is 0 Å². The number of nitrogens with one attached hydrogen (secondary N) is 2. The van der Waals surface area contributed by atoms with Crippen molar-refractivity contribution in [1.82, 2.24) is 10.6 Å². The van der Waals surface area contributed by atoms with Crippen LogP contribution < -0.4 is 10.6 Å². The lowest BCUT2D eigenvalue weighted by atomic mass is 9.91. The summed E-state index contributed by atoms with van der Waals surface area (Å²) in [6.45, 7) is 8.38. The van der Waals surface area contributed by atoms with Gasteiger partial charge in [-0.25, -0.2) is 0 Å². The second kappa shape index (κ2) is 5.05. The first kappa shape index (κ1) is 12.4. The van der Waals surface area contributed by atoms with Gasteiger partial charge in [0.15, 0.2) is 0 Å². The molecule has 0 spiro atoms. The van der Waals surface area contributed by atoms with E-state index in [1.165, 1.54) is 45.1 Å². The second-order valence-corrected chi connectivity index (χ2v) is 6.70. The summed E-state index contributed by atoms with van der Waals surface area (Å²) in [7, 11) is 0. The molecule has 0 aromatic heterocycles. The maximum absolute atomic E-state index is 3.82. The van der Waals surface area contributed by atoms with Crippen molar-refractivity contribution >= 4 is 0 Å². The third-order valence-corrected chi connectivity index (χ3v) is 4.29. The van der Waals surface area contributed by atoms with Gasteiger partial charge >= 0.3 is 0 Å². The van der Waals surface area contributed by atoms with Crippen molar-refractivity contribution in [2.24, 2.45) is 5.41 Å². The summed E-state index contributed by atoms with van der Waals surface area (Å²) in [5.74, 6) is 0. The van der Waals surface area contributed by atoms with E-state index >= 15 is 0 Å². The molecular formula is C14H28N2. The molecule has 0 radical (unpaired) electrons. The fraction of sp³-hybridized carbons (Fsp3) is 1.00. The average Bonchev–Trinajstić information content (AvgIpc) is 2.76. The summed E-state index contributed by atoms with van der Waals surface area (Å²) in [4.78, 5) is 0. The molecule has 1 saturated carbocycles. The summed E-state index contributed by atoms with van der Waals surface area (Å²) < 4.78 is 0. The minimum atomic E-state index is 0.572. The molecule has 2 heteroatoms. The van der Waals surface area contributed by atoms with E-state index in [-0.39, 0.29) is 0 Å². The fourth-order valence-corrected chi connectivity index (χ4v) is 3.43. The van der Waals surface area contributed by atoms with Crippen molar-refractivity contribution in [2.75, 3.05) is 6.54 Å². The zero-order valence-electron chi connectivity index (χ0n) is 11.2. The lowest BCUT2D eigenvalue weighted by Crippen LogP contribution is -2.39. The fourth-order valence-electron chi connectivity index (χ4n) is 3.43. The van der Waals surface area contributed by atoms with E-state index in [0.717, 1.165) is 12.1 Å². The molecule has 0 amide bonds. The first-order valence-electron chi connectivity index (χ1n) is 7.05. The van der Waals surface area contributed by atoms with Gasteiger partial charge in [0.05, 0.1) is 0 Å². The second-order valence-electron chi connectivity index (χ2n) is 6.70. The van der Waals surface area contributed by atoms with E-state index in [4.69, 9.17) is 0 Å². The highest BCUT2D eigenvalue weighted by Crippen LogP contribution is 2.37. The summed E-state index contributed by atoms with van der Waals surface area (Å²) >= 11 is 0. The van der Waals surface area contributed by atoms with E-state index in [2.05, 4.69) is 31.4 Å². The zero-order valence-corrected chi connectivity index (χ0v) is 11.2. The highest BCUT2D eigenvalue weighted by Gasteiger charge is 2.31. The Kier molecular flexibility index (Phi) is 3.91. The Labute approximate surface area is 101 Å². The Morgan fingerprint density at radius 3 is 2.75 bits per heavy atom. The molecule has 1 aliphatic heterocycles. The van der Waals surface area contributed by atoms with Gasteiger partial charge in [0.2, 0.25) is 0 Å². The maximum Gasteiger partial charge on any atom is 0.00822 e. The van der Waals surface area contributed by atoms with Crippen LogP contribution in [-0.4, -0.2) is 24.7 Å². The summed E-state index contributed by atoms with van der Waals surface area (Å²) in [6, 6.07) is 2.22. The molecule has 2 nitrogen and oxygen atoms in total. The van der Waals surface area contributed by atoms with Crippen LogP contribution in [0.3, 0.4) is 0 Å². The quantitative estimate of drug-likeness (QED) is 0.767. The van der Waals surface area contributed by atoms with Gasteiger partial charge in [-0.05, 0) is 57.4 Å². The Hall–Kier alpha value is -0.0800. The normalized spacial score (nSPS) is 35.4. The van der Waals surface area contributed by atoms with Gasteiger partial charge in [-0.1, -0.05) is 13.8 Å². The molecule has 2 aliphatic rings. The summed E-state index contributed by atoms with van der Waals surface area (Å²) in [5.41, 5.74) is 0.572. The van der Waals surface area contributed by atoms with E-state index in [0.29, 0.717) is 11.5 Å². The van der Waals surface area contributed by atoms with E-state index in [1.54, 1.807) is 0 Å². The molecule has 1 aliphatic carbocycles.